The van der Waals surface area contributed by atoms with E-state index < -0.39 is 7.12 Å². The standard InChI is InChI=1S/C36H39BN6.C9H9N.Cu/c1-22-16-25(4)34(26(5)17-22)31-10-13-41(38-31)37(42-14-11-32(39-42)35-27(6)18-23(2)19-28(35)7)43-15-12-33(40-43)36-29(8)20-24(3)21-30(36)9;1-7-5-4-6-8(2)9(7)10-3;/h10-21H,1-9H3;4-6H,1-2H3;/q-1;;+1. The minimum Gasteiger partial charge on any atom is -0.424 e. The molecule has 7 rings (SSSR count). The van der Waals surface area contributed by atoms with Crippen LogP contribution in [0.4, 0.5) is 5.69 Å². The van der Waals surface area contributed by atoms with Crippen LogP contribution in [0.5, 0.6) is 0 Å². The molecule has 7 aromatic rings. The normalized spacial score (nSPS) is 10.9. The van der Waals surface area contributed by atoms with Crippen LogP contribution in [0.1, 0.15) is 61.2 Å². The van der Waals surface area contributed by atoms with Crippen LogP contribution >= 0.6 is 0 Å². The van der Waals surface area contributed by atoms with Gasteiger partial charge in [-0.15, -0.1) is 0 Å². The maximum absolute atomic E-state index is 6.85. The Morgan fingerprint density at radius 3 is 0.963 bits per heavy atom. The van der Waals surface area contributed by atoms with Gasteiger partial charge in [-0.25, -0.2) is 20.1 Å². The van der Waals surface area contributed by atoms with Gasteiger partial charge < -0.3 is 13.8 Å². The molecule has 0 aliphatic heterocycles. The van der Waals surface area contributed by atoms with Gasteiger partial charge in [0.2, 0.25) is 0 Å². The molecule has 0 fully saturated rings. The van der Waals surface area contributed by atoms with E-state index in [1.165, 1.54) is 66.8 Å². The van der Waals surface area contributed by atoms with Crippen LogP contribution in [0.2, 0.25) is 0 Å². The molecule has 0 amide bonds. The number of rotatable bonds is 6. The molecule has 0 saturated heterocycles. The number of hydrogen-bond donors (Lipinski definition) is 0. The Bertz CT molecular complexity index is 2190. The van der Waals surface area contributed by atoms with E-state index in [2.05, 4.69) is 122 Å². The van der Waals surface area contributed by atoms with Crippen LogP contribution in [0.25, 0.3) is 38.6 Å². The third kappa shape index (κ3) is 8.06. The first-order valence-electron chi connectivity index (χ1n) is 18.1. The van der Waals surface area contributed by atoms with Gasteiger partial charge in [0, 0.05) is 16.7 Å². The molecule has 4 aromatic carbocycles. The van der Waals surface area contributed by atoms with E-state index in [1.807, 2.05) is 64.4 Å². The average Bonchev–Trinajstić information content (AvgIpc) is 3.84. The Morgan fingerprint density at radius 1 is 0.444 bits per heavy atom. The van der Waals surface area contributed by atoms with Gasteiger partial charge in [-0.05, 0) is 157 Å². The van der Waals surface area contributed by atoms with E-state index >= 15 is 0 Å². The summed E-state index contributed by atoms with van der Waals surface area (Å²) in [7, 11) is -0.431. The first-order valence-corrected chi connectivity index (χ1v) is 18.1. The van der Waals surface area contributed by atoms with Crippen molar-refractivity contribution in [3.63, 3.8) is 0 Å². The molecule has 0 N–H and O–H groups in total. The summed E-state index contributed by atoms with van der Waals surface area (Å²) in [6.07, 6.45) is 6.10. The Hall–Kier alpha value is -5.42. The SMILES string of the molecule is Cc1cc(C)c(-c2ccn([B-](n3ccc(-c4c(C)cc(C)cc4C)n3)n3ccc(-c4c(C)cc(C)cc4C)n3)n2)c(C)c1.[C-]#[N+]c1c(C)cccc1C.[Cu+]. The number of hydrogen-bond acceptors (Lipinski definition) is 3. The van der Waals surface area contributed by atoms with E-state index in [0.29, 0.717) is 0 Å². The minimum absolute atomic E-state index is 0. The van der Waals surface area contributed by atoms with Crippen LogP contribution in [0.15, 0.2) is 91.4 Å². The molecule has 3 aromatic heterocycles. The number of aromatic nitrogens is 6. The maximum Gasteiger partial charge on any atom is 1.00 e. The molecule has 54 heavy (non-hydrogen) atoms. The van der Waals surface area contributed by atoms with Crippen molar-refractivity contribution < 1.29 is 17.1 Å². The van der Waals surface area contributed by atoms with Crippen LogP contribution in [0, 0.1) is 82.7 Å². The zero-order valence-corrected chi connectivity index (χ0v) is 34.1. The van der Waals surface area contributed by atoms with Gasteiger partial charge in [0.05, 0.1) is 23.7 Å². The van der Waals surface area contributed by atoms with Gasteiger partial charge in [-0.3, -0.25) is 0 Å². The van der Waals surface area contributed by atoms with Gasteiger partial charge in [-0.1, -0.05) is 71.3 Å². The number of para-hydroxylation sites is 1. The summed E-state index contributed by atoms with van der Waals surface area (Å²) in [4.78, 5) is 3.42. The average molecular weight is 761 g/mol. The quantitative estimate of drug-likeness (QED) is 0.125. The fourth-order valence-corrected chi connectivity index (χ4v) is 7.90. The summed E-state index contributed by atoms with van der Waals surface area (Å²) in [5, 5.41) is 15.4. The Labute approximate surface area is 331 Å². The van der Waals surface area contributed by atoms with E-state index in [-0.39, 0.29) is 17.1 Å². The van der Waals surface area contributed by atoms with Crippen molar-refractivity contribution in [1.82, 2.24) is 29.1 Å². The van der Waals surface area contributed by atoms with Crippen molar-refractivity contribution in [2.75, 3.05) is 0 Å². The number of nitrogens with zero attached hydrogens (tertiary/aromatic N) is 7. The third-order valence-corrected chi connectivity index (χ3v) is 9.89. The first-order chi connectivity index (χ1) is 25.2. The van der Waals surface area contributed by atoms with Crippen molar-refractivity contribution in [2.45, 2.75) is 76.2 Å². The summed E-state index contributed by atoms with van der Waals surface area (Å²) in [5.74, 6) is 0. The first kappa shape index (κ1) is 39.8. The van der Waals surface area contributed by atoms with E-state index in [0.717, 1.165) is 33.9 Å². The topological polar surface area (TPSA) is 57.8 Å². The summed E-state index contributed by atoms with van der Waals surface area (Å²) in [6, 6.07) is 25.5. The molecule has 0 aliphatic rings. The van der Waals surface area contributed by atoms with Crippen LogP contribution < -0.4 is 0 Å². The zero-order chi connectivity index (χ0) is 38.1. The zero-order valence-electron chi connectivity index (χ0n) is 33.2. The summed E-state index contributed by atoms with van der Waals surface area (Å²) in [5.41, 5.74) is 20.3. The molecule has 277 valence electrons. The molecule has 3 heterocycles. The van der Waals surface area contributed by atoms with Gasteiger partial charge >= 0.3 is 17.1 Å². The molecular weight excluding hydrogens is 713 g/mol. The number of benzene rings is 4. The van der Waals surface area contributed by atoms with Gasteiger partial charge in [0.15, 0.2) is 5.69 Å². The fourth-order valence-electron chi connectivity index (χ4n) is 7.90. The summed E-state index contributed by atoms with van der Waals surface area (Å²) >= 11 is 0. The molecule has 0 aliphatic carbocycles. The second kappa shape index (κ2) is 16.3. The Morgan fingerprint density at radius 2 is 0.722 bits per heavy atom. The van der Waals surface area contributed by atoms with Crippen molar-refractivity contribution in [3.05, 3.63) is 164 Å². The second-order valence-electron chi connectivity index (χ2n) is 14.6. The molecule has 9 heteroatoms. The largest absolute Gasteiger partial charge is 1.00 e. The second-order valence-corrected chi connectivity index (χ2v) is 14.6. The molecule has 0 saturated carbocycles. The Balaban J connectivity index is 0.000000444. The third-order valence-electron chi connectivity index (χ3n) is 9.89. The predicted octanol–water partition coefficient (Wildman–Crippen LogP) is 10.8. The smallest absolute Gasteiger partial charge is 0.424 e. The van der Waals surface area contributed by atoms with Gasteiger partial charge in [0.25, 0.3) is 7.12 Å². The molecule has 7 nitrogen and oxygen atoms in total. The molecule has 1 radical (unpaired) electrons. The van der Waals surface area contributed by atoms with E-state index in [1.54, 1.807) is 0 Å². The van der Waals surface area contributed by atoms with Crippen molar-refractivity contribution in [2.24, 2.45) is 0 Å². The fraction of sp³-hybridized carbons (Fsp3) is 0.244. The monoisotopic (exact) mass is 760 g/mol. The molecule has 0 unspecified atom stereocenters. The molecular formula is C45H48BCuN7. The molecule has 0 bridgehead atoms. The molecule has 0 atom stereocenters. The van der Waals surface area contributed by atoms with Crippen LogP contribution in [-0.2, 0) is 17.1 Å². The Kier molecular flexibility index (Phi) is 12.0. The maximum atomic E-state index is 6.85. The van der Waals surface area contributed by atoms with Gasteiger partial charge in [0.1, 0.15) is 0 Å². The molecule has 0 spiro atoms. The van der Waals surface area contributed by atoms with E-state index in [9.17, 15) is 0 Å². The van der Waals surface area contributed by atoms with Crippen LogP contribution in [0.3, 0.4) is 0 Å². The van der Waals surface area contributed by atoms with Crippen LogP contribution in [-0.4, -0.2) is 36.2 Å². The van der Waals surface area contributed by atoms with Crippen molar-refractivity contribution in [3.8, 4) is 33.8 Å². The predicted molar refractivity (Wildman–Crippen MR) is 220 cm³/mol. The van der Waals surface area contributed by atoms with Gasteiger partial charge in [-0.2, -0.15) is 0 Å². The van der Waals surface area contributed by atoms with Crippen molar-refractivity contribution in [1.29, 1.82) is 0 Å². The van der Waals surface area contributed by atoms with Crippen molar-refractivity contribution >= 4 is 12.8 Å². The number of aryl methyl sites for hydroxylation is 11. The summed E-state index contributed by atoms with van der Waals surface area (Å²) in [6.45, 7) is 30.1. The van der Waals surface area contributed by atoms with E-state index in [4.69, 9.17) is 21.9 Å². The minimum atomic E-state index is -0.431. The summed E-state index contributed by atoms with van der Waals surface area (Å²) < 4.78 is 5.89.